The summed E-state index contributed by atoms with van der Waals surface area (Å²) in [6, 6.07) is 11.4. The van der Waals surface area contributed by atoms with Crippen molar-refractivity contribution < 1.29 is 22.8 Å². The Hall–Kier alpha value is -2.48. The van der Waals surface area contributed by atoms with Gasteiger partial charge in [0.25, 0.3) is 5.91 Å². The van der Waals surface area contributed by atoms with E-state index in [1.807, 2.05) is 26.0 Å². The van der Waals surface area contributed by atoms with Crippen molar-refractivity contribution in [2.75, 3.05) is 5.75 Å². The van der Waals surface area contributed by atoms with Gasteiger partial charge in [0.2, 0.25) is 5.91 Å². The second kappa shape index (κ2) is 9.12. The first-order valence-electron chi connectivity index (χ1n) is 9.66. The number of halogens is 3. The summed E-state index contributed by atoms with van der Waals surface area (Å²) >= 11 is 1.54. The Morgan fingerprint density at radius 3 is 2.57 bits per heavy atom. The van der Waals surface area contributed by atoms with Crippen LogP contribution in [0.2, 0.25) is 0 Å². The SMILES string of the molecule is CCC1SCC(C(=O)NCc2cccc(C(F)(F)F)c2)N1C(=O)c1ccccc1C. The number of rotatable bonds is 5. The monoisotopic (exact) mass is 436 g/mol. The van der Waals surface area contributed by atoms with Gasteiger partial charge in [0.15, 0.2) is 0 Å². The fourth-order valence-corrected chi connectivity index (χ4v) is 4.82. The van der Waals surface area contributed by atoms with Crippen LogP contribution >= 0.6 is 11.8 Å². The number of amides is 2. The van der Waals surface area contributed by atoms with Crippen molar-refractivity contribution in [3.05, 3.63) is 70.8 Å². The summed E-state index contributed by atoms with van der Waals surface area (Å²) in [7, 11) is 0. The number of aryl methyl sites for hydroxylation is 1. The Bertz CT molecular complexity index is 933. The maximum Gasteiger partial charge on any atom is 0.416 e. The van der Waals surface area contributed by atoms with Crippen LogP contribution in [0.4, 0.5) is 13.2 Å². The van der Waals surface area contributed by atoms with E-state index in [9.17, 15) is 22.8 Å². The molecule has 0 spiro atoms. The molecule has 8 heteroatoms. The van der Waals surface area contributed by atoms with Gasteiger partial charge in [0.05, 0.1) is 10.9 Å². The molecular formula is C22H23F3N2O2S. The summed E-state index contributed by atoms with van der Waals surface area (Å²) in [6.45, 7) is 3.77. The van der Waals surface area contributed by atoms with E-state index in [0.29, 0.717) is 23.3 Å². The molecule has 2 atom stereocenters. The number of carbonyl (C=O) groups is 2. The zero-order valence-electron chi connectivity index (χ0n) is 16.7. The van der Waals surface area contributed by atoms with Crippen LogP contribution in [-0.2, 0) is 17.5 Å². The van der Waals surface area contributed by atoms with E-state index in [4.69, 9.17) is 0 Å². The van der Waals surface area contributed by atoms with Crippen LogP contribution in [0.3, 0.4) is 0 Å². The van der Waals surface area contributed by atoms with E-state index in [-0.39, 0.29) is 23.7 Å². The molecule has 0 saturated carbocycles. The summed E-state index contributed by atoms with van der Waals surface area (Å²) in [5, 5.41) is 2.58. The summed E-state index contributed by atoms with van der Waals surface area (Å²) in [6.07, 6.45) is -3.74. The largest absolute Gasteiger partial charge is 0.416 e. The van der Waals surface area contributed by atoms with Gasteiger partial charge in [0.1, 0.15) is 6.04 Å². The van der Waals surface area contributed by atoms with Gasteiger partial charge < -0.3 is 10.2 Å². The smallest absolute Gasteiger partial charge is 0.350 e. The molecule has 1 aliphatic rings. The minimum Gasteiger partial charge on any atom is -0.350 e. The van der Waals surface area contributed by atoms with Crippen molar-refractivity contribution in [3.8, 4) is 0 Å². The Morgan fingerprint density at radius 1 is 1.17 bits per heavy atom. The highest BCUT2D eigenvalue weighted by Crippen LogP contribution is 2.33. The first-order valence-corrected chi connectivity index (χ1v) is 10.7. The molecule has 4 nitrogen and oxygen atoms in total. The van der Waals surface area contributed by atoms with Crippen LogP contribution in [0.25, 0.3) is 0 Å². The number of alkyl halides is 3. The molecule has 1 N–H and O–H groups in total. The summed E-state index contributed by atoms with van der Waals surface area (Å²) < 4.78 is 38.7. The molecule has 2 amide bonds. The maximum atomic E-state index is 13.2. The molecule has 2 unspecified atom stereocenters. The molecule has 2 aromatic carbocycles. The Kier molecular flexibility index (Phi) is 6.75. The van der Waals surface area contributed by atoms with Gasteiger partial charge in [0, 0.05) is 17.9 Å². The quantitative estimate of drug-likeness (QED) is 0.744. The Labute approximate surface area is 177 Å². The predicted octanol–water partition coefficient (Wildman–Crippen LogP) is 4.62. The number of carbonyl (C=O) groups excluding carboxylic acids is 2. The van der Waals surface area contributed by atoms with Crippen LogP contribution in [-0.4, -0.2) is 33.9 Å². The number of nitrogens with one attached hydrogen (secondary N) is 1. The minimum absolute atomic E-state index is 0.0346. The lowest BCUT2D eigenvalue weighted by molar-refractivity contribution is -0.137. The molecule has 3 rings (SSSR count). The highest BCUT2D eigenvalue weighted by atomic mass is 32.2. The zero-order chi connectivity index (χ0) is 21.9. The van der Waals surface area contributed by atoms with E-state index in [1.54, 1.807) is 17.0 Å². The molecule has 2 aromatic rings. The zero-order valence-corrected chi connectivity index (χ0v) is 17.5. The maximum absolute atomic E-state index is 13.2. The molecular weight excluding hydrogens is 413 g/mol. The third kappa shape index (κ3) is 4.80. The van der Waals surface area contributed by atoms with Crippen LogP contribution in [0, 0.1) is 6.92 Å². The van der Waals surface area contributed by atoms with Gasteiger partial charge in [-0.25, -0.2) is 0 Å². The highest BCUT2D eigenvalue weighted by molar-refractivity contribution is 8.00. The lowest BCUT2D eigenvalue weighted by Gasteiger charge is -2.29. The van der Waals surface area contributed by atoms with E-state index >= 15 is 0 Å². The third-order valence-electron chi connectivity index (χ3n) is 5.08. The molecule has 1 aliphatic heterocycles. The van der Waals surface area contributed by atoms with E-state index < -0.39 is 17.8 Å². The van der Waals surface area contributed by atoms with Gasteiger partial charge in [-0.05, 0) is 42.7 Å². The molecule has 0 aliphatic carbocycles. The first-order chi connectivity index (χ1) is 14.2. The van der Waals surface area contributed by atoms with Gasteiger partial charge in [-0.1, -0.05) is 37.3 Å². The standard InChI is InChI=1S/C22H23F3N2O2S/c1-3-19-27(21(29)17-10-5-4-7-14(17)2)18(13-30-19)20(28)26-12-15-8-6-9-16(11-15)22(23,24)25/h4-11,18-19H,3,12-13H2,1-2H3,(H,26,28). The molecule has 1 saturated heterocycles. The van der Waals surface area contributed by atoms with E-state index in [0.717, 1.165) is 17.7 Å². The Morgan fingerprint density at radius 2 is 1.90 bits per heavy atom. The molecule has 0 aromatic heterocycles. The summed E-state index contributed by atoms with van der Waals surface area (Å²) in [5.41, 5.74) is 0.979. The van der Waals surface area contributed by atoms with Gasteiger partial charge >= 0.3 is 6.18 Å². The van der Waals surface area contributed by atoms with Crippen molar-refractivity contribution in [1.82, 2.24) is 10.2 Å². The molecule has 0 bridgehead atoms. The molecule has 30 heavy (non-hydrogen) atoms. The topological polar surface area (TPSA) is 49.4 Å². The number of thioether (sulfide) groups is 1. The second-order valence-corrected chi connectivity index (χ2v) is 8.37. The minimum atomic E-state index is -4.44. The van der Waals surface area contributed by atoms with Crippen molar-refractivity contribution in [3.63, 3.8) is 0 Å². The van der Waals surface area contributed by atoms with Crippen LogP contribution in [0.1, 0.15) is 40.4 Å². The van der Waals surface area contributed by atoms with E-state index in [1.165, 1.54) is 23.9 Å². The summed E-state index contributed by atoms with van der Waals surface area (Å²) in [4.78, 5) is 27.6. The highest BCUT2D eigenvalue weighted by Gasteiger charge is 2.41. The lowest BCUT2D eigenvalue weighted by Crippen LogP contribution is -2.49. The lowest BCUT2D eigenvalue weighted by atomic mass is 10.1. The third-order valence-corrected chi connectivity index (χ3v) is 6.53. The average molecular weight is 436 g/mol. The van der Waals surface area contributed by atoms with Gasteiger partial charge in [-0.15, -0.1) is 11.8 Å². The summed E-state index contributed by atoms with van der Waals surface area (Å²) in [5.74, 6) is -0.119. The van der Waals surface area contributed by atoms with Gasteiger partial charge in [-0.3, -0.25) is 9.59 Å². The average Bonchev–Trinajstić information content (AvgIpc) is 3.15. The normalized spacial score (nSPS) is 19.0. The number of nitrogens with zero attached hydrogens (tertiary/aromatic N) is 1. The second-order valence-electron chi connectivity index (χ2n) is 7.16. The van der Waals surface area contributed by atoms with Crippen LogP contribution in [0.5, 0.6) is 0 Å². The van der Waals surface area contributed by atoms with Gasteiger partial charge in [-0.2, -0.15) is 13.2 Å². The number of hydrogen-bond donors (Lipinski definition) is 1. The molecule has 160 valence electrons. The fourth-order valence-electron chi connectivity index (χ4n) is 3.47. The van der Waals surface area contributed by atoms with Crippen molar-refractivity contribution in [2.45, 2.75) is 44.4 Å². The van der Waals surface area contributed by atoms with Crippen LogP contribution < -0.4 is 5.32 Å². The van der Waals surface area contributed by atoms with Crippen molar-refractivity contribution >= 4 is 23.6 Å². The number of benzene rings is 2. The van der Waals surface area contributed by atoms with E-state index in [2.05, 4.69) is 5.32 Å². The van der Waals surface area contributed by atoms with Crippen molar-refractivity contribution in [1.29, 1.82) is 0 Å². The molecule has 1 heterocycles. The fraction of sp³-hybridized carbons (Fsp3) is 0.364. The number of hydrogen-bond acceptors (Lipinski definition) is 3. The first kappa shape index (κ1) is 22.2. The molecule has 0 radical (unpaired) electrons. The molecule has 1 fully saturated rings. The Balaban J connectivity index is 1.74. The van der Waals surface area contributed by atoms with Crippen molar-refractivity contribution in [2.24, 2.45) is 0 Å². The predicted molar refractivity (Wildman–Crippen MR) is 111 cm³/mol. The van der Waals surface area contributed by atoms with Crippen LogP contribution in [0.15, 0.2) is 48.5 Å².